The van der Waals surface area contributed by atoms with Gasteiger partial charge in [0.25, 0.3) is 5.91 Å². The highest BCUT2D eigenvalue weighted by Gasteiger charge is 2.43. The van der Waals surface area contributed by atoms with E-state index in [0.717, 1.165) is 34.6 Å². The smallest absolute Gasteiger partial charge is 0.317 e. The zero-order chi connectivity index (χ0) is 23.3. The Morgan fingerprint density at radius 3 is 2.64 bits per heavy atom. The lowest BCUT2D eigenvalue weighted by atomic mass is 9.87. The molecule has 5 rings (SSSR count). The molecule has 2 aliphatic heterocycles. The second kappa shape index (κ2) is 8.14. The maximum atomic E-state index is 13.6. The van der Waals surface area contributed by atoms with Gasteiger partial charge in [0.2, 0.25) is 0 Å². The van der Waals surface area contributed by atoms with Crippen LogP contribution >= 0.6 is 23.1 Å². The van der Waals surface area contributed by atoms with Crippen molar-refractivity contribution in [3.8, 4) is 0 Å². The van der Waals surface area contributed by atoms with E-state index in [4.69, 9.17) is 5.73 Å². The molecule has 3 N–H and O–H groups in total. The number of hydrogen-bond acceptors (Lipinski definition) is 6. The van der Waals surface area contributed by atoms with Gasteiger partial charge in [0.15, 0.2) is 5.78 Å². The molecule has 170 valence electrons. The number of amides is 3. The number of hydrogen-bond donors (Lipinski definition) is 2. The Labute approximate surface area is 199 Å². The predicted octanol–water partition coefficient (Wildman–Crippen LogP) is 4.76. The van der Waals surface area contributed by atoms with E-state index >= 15 is 0 Å². The number of nitrogens with one attached hydrogen (secondary N) is 1. The number of primary amides is 1. The number of nitrogens with zero attached hydrogens (tertiary/aromatic N) is 2. The van der Waals surface area contributed by atoms with E-state index in [2.05, 4.69) is 10.3 Å². The Hall–Kier alpha value is -2.91. The van der Waals surface area contributed by atoms with Crippen molar-refractivity contribution in [3.63, 3.8) is 0 Å². The zero-order valence-electron chi connectivity index (χ0n) is 18.4. The summed E-state index contributed by atoms with van der Waals surface area (Å²) >= 11 is 3.03. The van der Waals surface area contributed by atoms with Gasteiger partial charge in [-0.25, -0.2) is 9.78 Å². The van der Waals surface area contributed by atoms with Crippen LogP contribution in [0, 0.1) is 13.8 Å². The number of fused-ring (bicyclic) bond motifs is 2. The van der Waals surface area contributed by atoms with Gasteiger partial charge in [0.05, 0.1) is 5.56 Å². The third kappa shape index (κ3) is 4.00. The summed E-state index contributed by atoms with van der Waals surface area (Å²) in [5.74, 6) is 0.0408. The van der Waals surface area contributed by atoms with Crippen molar-refractivity contribution in [2.75, 3.05) is 18.4 Å². The van der Waals surface area contributed by atoms with Crippen LogP contribution in [0.25, 0.3) is 10.2 Å². The van der Waals surface area contributed by atoms with E-state index < -0.39 is 6.03 Å². The van der Waals surface area contributed by atoms with Crippen LogP contribution in [0.2, 0.25) is 0 Å². The molecule has 0 unspecified atom stereocenters. The lowest BCUT2D eigenvalue weighted by molar-refractivity contribution is 0.0699. The minimum atomic E-state index is -0.712. The number of urea groups is 1. The van der Waals surface area contributed by atoms with Crippen molar-refractivity contribution in [1.29, 1.82) is 0 Å². The summed E-state index contributed by atoms with van der Waals surface area (Å²) in [7, 11) is 0. The molecular weight excluding hydrogens is 456 g/mol. The third-order valence-corrected chi connectivity index (χ3v) is 8.93. The number of pyridine rings is 1. The van der Waals surface area contributed by atoms with Crippen LogP contribution in [-0.2, 0) is 0 Å². The minimum absolute atomic E-state index is 0.145. The van der Waals surface area contributed by atoms with Crippen molar-refractivity contribution in [1.82, 2.24) is 9.88 Å². The minimum Gasteiger partial charge on any atom is -0.351 e. The van der Waals surface area contributed by atoms with Crippen LogP contribution in [-0.4, -0.2) is 45.4 Å². The predicted molar refractivity (Wildman–Crippen MR) is 131 cm³/mol. The molecule has 1 aromatic carbocycles. The summed E-state index contributed by atoms with van der Waals surface area (Å²) in [5, 5.41) is 3.74. The first-order valence-electron chi connectivity index (χ1n) is 10.8. The van der Waals surface area contributed by atoms with Gasteiger partial charge in [-0.2, -0.15) is 0 Å². The average Bonchev–Trinajstić information content (AvgIpc) is 3.10. The Balaban J connectivity index is 1.39. The molecule has 0 saturated carbocycles. The quantitative estimate of drug-likeness (QED) is 0.550. The second-order valence-electron chi connectivity index (χ2n) is 8.78. The summed E-state index contributed by atoms with van der Waals surface area (Å²) in [6.45, 7) is 4.98. The van der Waals surface area contributed by atoms with Crippen LogP contribution in [0.3, 0.4) is 0 Å². The molecule has 3 amide bonds. The topological polar surface area (TPSA) is 105 Å². The maximum absolute atomic E-state index is 13.6. The van der Waals surface area contributed by atoms with Gasteiger partial charge >= 0.3 is 6.03 Å². The largest absolute Gasteiger partial charge is 0.351 e. The molecule has 1 saturated heterocycles. The van der Waals surface area contributed by atoms with Crippen LogP contribution < -0.4 is 11.1 Å². The molecule has 2 aliphatic rings. The highest BCUT2D eigenvalue weighted by Crippen LogP contribution is 2.49. The number of thiophene rings is 1. The number of thioether (sulfide) groups is 1. The fraction of sp³-hybridized carbons (Fsp3) is 0.333. The number of anilines is 1. The Morgan fingerprint density at radius 2 is 1.91 bits per heavy atom. The summed E-state index contributed by atoms with van der Waals surface area (Å²) in [5.41, 5.74) is 8.53. The maximum Gasteiger partial charge on any atom is 0.317 e. The molecule has 0 atom stereocenters. The fourth-order valence-corrected chi connectivity index (χ4v) is 7.23. The number of carbonyl (C=O) groups excluding carboxylic acids is 3. The van der Waals surface area contributed by atoms with E-state index in [-0.39, 0.29) is 16.4 Å². The Bertz CT molecular complexity index is 1310. The van der Waals surface area contributed by atoms with Gasteiger partial charge in [-0.15, -0.1) is 11.8 Å². The van der Waals surface area contributed by atoms with Crippen LogP contribution in [0.1, 0.15) is 51.2 Å². The van der Waals surface area contributed by atoms with Crippen molar-refractivity contribution < 1.29 is 14.4 Å². The molecular formula is C24H24N4O3S2. The molecule has 4 heterocycles. The first-order valence-corrected chi connectivity index (χ1v) is 12.5. The van der Waals surface area contributed by atoms with Gasteiger partial charge in [-0.1, -0.05) is 23.0 Å². The summed E-state index contributed by atoms with van der Waals surface area (Å²) < 4.78 is -0.181. The van der Waals surface area contributed by atoms with Crippen molar-refractivity contribution >= 4 is 56.0 Å². The van der Waals surface area contributed by atoms with Crippen molar-refractivity contribution in [2.45, 2.75) is 42.8 Å². The highest BCUT2D eigenvalue weighted by molar-refractivity contribution is 8.01. The average molecular weight is 481 g/mol. The van der Waals surface area contributed by atoms with Gasteiger partial charge in [-0.05, 0) is 51.0 Å². The molecule has 0 radical (unpaired) electrons. The number of ketones is 1. The van der Waals surface area contributed by atoms with E-state index in [1.165, 1.54) is 11.3 Å². The first-order chi connectivity index (χ1) is 15.7. The fourth-order valence-electron chi connectivity index (χ4n) is 4.65. The number of nitrogens with two attached hydrogens (primary N) is 1. The Kier molecular flexibility index (Phi) is 5.41. The van der Waals surface area contributed by atoms with Crippen molar-refractivity contribution in [3.05, 3.63) is 52.7 Å². The monoisotopic (exact) mass is 480 g/mol. The van der Waals surface area contributed by atoms with Crippen LogP contribution in [0.4, 0.5) is 9.80 Å². The second-order valence-corrected chi connectivity index (χ2v) is 11.3. The summed E-state index contributed by atoms with van der Waals surface area (Å²) in [6, 6.07) is 9.07. The molecule has 2 aromatic heterocycles. The normalized spacial score (nSPS) is 17.3. The van der Waals surface area contributed by atoms with E-state index in [1.807, 2.05) is 49.1 Å². The number of benzene rings is 1. The highest BCUT2D eigenvalue weighted by atomic mass is 32.2. The van der Waals surface area contributed by atoms with Gasteiger partial charge in [0.1, 0.15) is 9.83 Å². The molecule has 1 fully saturated rings. The molecule has 9 heteroatoms. The lowest BCUT2D eigenvalue weighted by Gasteiger charge is -2.43. The molecule has 33 heavy (non-hydrogen) atoms. The number of carbonyl (C=O) groups is 3. The van der Waals surface area contributed by atoms with E-state index in [1.54, 1.807) is 11.8 Å². The zero-order valence-corrected chi connectivity index (χ0v) is 20.1. The first kappa shape index (κ1) is 21.9. The van der Waals surface area contributed by atoms with Gasteiger partial charge < -0.3 is 10.6 Å². The summed E-state index contributed by atoms with van der Waals surface area (Å²) in [6.07, 6.45) is 1.97. The molecule has 1 spiro atoms. The van der Waals surface area contributed by atoms with Crippen LogP contribution in [0.15, 0.2) is 35.2 Å². The lowest BCUT2D eigenvalue weighted by Crippen LogP contribution is -2.47. The number of likely N-dealkylation sites (tertiary alicyclic amines) is 1. The number of aromatic nitrogens is 1. The summed E-state index contributed by atoms with van der Waals surface area (Å²) in [4.78, 5) is 46.1. The third-order valence-electron chi connectivity index (χ3n) is 6.35. The SMILES string of the molecule is Cc1ccc2c(c1)C(=O)CC1(CCN(C(=O)c3c(NC(N)=O)sc4nc(C)ccc34)CC1)S2. The van der Waals surface area contributed by atoms with E-state index in [0.29, 0.717) is 40.3 Å². The van der Waals surface area contributed by atoms with Gasteiger partial charge in [-0.3, -0.25) is 14.9 Å². The molecule has 0 bridgehead atoms. The number of Topliss-reactive ketones (excluding diaryl/α,β-unsaturated/α-hetero) is 1. The molecule has 7 nitrogen and oxygen atoms in total. The number of piperidine rings is 1. The Morgan fingerprint density at radius 1 is 1.15 bits per heavy atom. The number of aryl methyl sites for hydroxylation is 2. The number of rotatable bonds is 2. The van der Waals surface area contributed by atoms with Crippen LogP contribution in [0.5, 0.6) is 0 Å². The van der Waals surface area contributed by atoms with E-state index in [9.17, 15) is 14.4 Å². The molecule has 3 aromatic rings. The standard InChI is InChI=1S/C24H24N4O3S2/c1-13-3-6-18-16(11-13)17(29)12-24(33-18)7-9-28(10-8-24)22(30)19-15-5-4-14(2)26-20(15)32-21(19)27-23(25)31/h3-6,11H,7-10,12H2,1-2H3,(H3,25,27,31). The molecule has 0 aliphatic carbocycles. The van der Waals surface area contributed by atoms with Gasteiger partial charge in [0, 0.05) is 45.8 Å². The van der Waals surface area contributed by atoms with Crippen molar-refractivity contribution in [2.24, 2.45) is 5.73 Å².